The van der Waals surface area contributed by atoms with Gasteiger partial charge in [-0.15, -0.1) is 12.4 Å². The van der Waals surface area contributed by atoms with Crippen LogP contribution in [0, 0.1) is 19.8 Å². The van der Waals surface area contributed by atoms with Crippen LogP contribution < -0.4 is 11.1 Å². The van der Waals surface area contributed by atoms with Gasteiger partial charge in [0.25, 0.3) is 0 Å². The summed E-state index contributed by atoms with van der Waals surface area (Å²) in [6.45, 7) is 3.78. The Morgan fingerprint density at radius 1 is 1.50 bits per heavy atom. The van der Waals surface area contributed by atoms with Gasteiger partial charge in [-0.25, -0.2) is 0 Å². The molecule has 0 spiro atoms. The van der Waals surface area contributed by atoms with E-state index in [4.69, 9.17) is 5.73 Å². The Morgan fingerprint density at radius 2 is 2.22 bits per heavy atom. The molecule has 1 aliphatic carbocycles. The summed E-state index contributed by atoms with van der Waals surface area (Å²) in [4.78, 5) is 11.9. The number of amides is 1. The van der Waals surface area contributed by atoms with E-state index in [0.717, 1.165) is 36.3 Å². The molecular formula is C12H21ClN4O. The third-order valence-electron chi connectivity index (χ3n) is 3.56. The van der Waals surface area contributed by atoms with Crippen LogP contribution in [0.2, 0.25) is 0 Å². The molecule has 6 heteroatoms. The van der Waals surface area contributed by atoms with Crippen LogP contribution in [0.4, 0.5) is 5.69 Å². The van der Waals surface area contributed by atoms with Gasteiger partial charge in [-0.05, 0) is 32.6 Å². The molecule has 1 amide bonds. The van der Waals surface area contributed by atoms with E-state index in [1.54, 1.807) is 0 Å². The summed E-state index contributed by atoms with van der Waals surface area (Å²) in [7, 11) is 0. The summed E-state index contributed by atoms with van der Waals surface area (Å²) in [5.74, 6) is 0.377. The maximum absolute atomic E-state index is 11.9. The van der Waals surface area contributed by atoms with Crippen LogP contribution >= 0.6 is 12.4 Å². The van der Waals surface area contributed by atoms with Crippen molar-refractivity contribution in [2.45, 2.75) is 45.6 Å². The molecule has 5 nitrogen and oxygen atoms in total. The number of aryl methyl sites for hydroxylation is 2. The highest BCUT2D eigenvalue weighted by Gasteiger charge is 2.26. The molecule has 1 aromatic heterocycles. The quantitative estimate of drug-likeness (QED) is 0.786. The topological polar surface area (TPSA) is 83.8 Å². The summed E-state index contributed by atoms with van der Waals surface area (Å²) < 4.78 is 0. The van der Waals surface area contributed by atoms with Crippen LogP contribution in [0.15, 0.2) is 0 Å². The Hall–Kier alpha value is -1.07. The minimum atomic E-state index is 0. The molecular weight excluding hydrogens is 252 g/mol. The summed E-state index contributed by atoms with van der Waals surface area (Å²) >= 11 is 0. The predicted molar refractivity (Wildman–Crippen MR) is 73.9 cm³/mol. The number of halogens is 1. The molecule has 0 unspecified atom stereocenters. The number of rotatable bonds is 3. The number of H-pyrrole nitrogens is 1. The second kappa shape index (κ2) is 6.20. The number of hydrogen-bond acceptors (Lipinski definition) is 3. The summed E-state index contributed by atoms with van der Waals surface area (Å²) in [6.07, 6.45) is 3.77. The number of carbonyl (C=O) groups is 1. The second-order valence-corrected chi connectivity index (χ2v) is 4.92. The fraction of sp³-hybridized carbons (Fsp3) is 0.667. The molecule has 2 atom stereocenters. The number of aromatic amines is 1. The van der Waals surface area contributed by atoms with E-state index >= 15 is 0 Å². The van der Waals surface area contributed by atoms with Crippen molar-refractivity contribution in [3.8, 4) is 0 Å². The van der Waals surface area contributed by atoms with E-state index in [0.29, 0.717) is 12.3 Å². The monoisotopic (exact) mass is 272 g/mol. The SMILES string of the molecule is Cc1n[nH]c(C)c1NC(=O)C[C@@H]1CCC[C@H]1N.Cl. The zero-order valence-corrected chi connectivity index (χ0v) is 11.6. The Kier molecular flexibility index (Phi) is 5.16. The lowest BCUT2D eigenvalue weighted by atomic mass is 10.00. The minimum absolute atomic E-state index is 0. The highest BCUT2D eigenvalue weighted by atomic mass is 35.5. The molecule has 0 aromatic carbocycles. The van der Waals surface area contributed by atoms with Gasteiger partial charge in [0, 0.05) is 12.5 Å². The molecule has 0 saturated heterocycles. The molecule has 1 heterocycles. The number of carbonyl (C=O) groups excluding carboxylic acids is 1. The highest BCUT2D eigenvalue weighted by Crippen LogP contribution is 2.27. The number of nitrogens with one attached hydrogen (secondary N) is 2. The van der Waals surface area contributed by atoms with Crippen molar-refractivity contribution in [1.29, 1.82) is 0 Å². The van der Waals surface area contributed by atoms with E-state index in [1.165, 1.54) is 0 Å². The minimum Gasteiger partial charge on any atom is -0.327 e. The number of nitrogens with two attached hydrogens (primary N) is 1. The summed E-state index contributed by atoms with van der Waals surface area (Å²) in [5.41, 5.74) is 8.49. The molecule has 1 aromatic rings. The average Bonchev–Trinajstić information content (AvgIpc) is 2.80. The predicted octanol–water partition coefficient (Wildman–Crippen LogP) is 1.90. The first-order chi connectivity index (χ1) is 8.08. The van der Waals surface area contributed by atoms with Crippen molar-refractivity contribution in [2.75, 3.05) is 5.32 Å². The maximum Gasteiger partial charge on any atom is 0.224 e. The van der Waals surface area contributed by atoms with Gasteiger partial charge >= 0.3 is 0 Å². The standard InChI is InChI=1S/C12H20N4O.ClH/c1-7-12(8(2)16-15-7)14-11(17)6-9-4-3-5-10(9)13;/h9-10H,3-6,13H2,1-2H3,(H,14,17)(H,15,16);1H/t9-,10+;/m0./s1. The van der Waals surface area contributed by atoms with Gasteiger partial charge < -0.3 is 11.1 Å². The number of aromatic nitrogens is 2. The number of hydrogen-bond donors (Lipinski definition) is 3. The van der Waals surface area contributed by atoms with Crippen LogP contribution in [0.5, 0.6) is 0 Å². The van der Waals surface area contributed by atoms with Crippen molar-refractivity contribution in [2.24, 2.45) is 11.7 Å². The van der Waals surface area contributed by atoms with Crippen LogP contribution in [0.1, 0.15) is 37.1 Å². The van der Waals surface area contributed by atoms with E-state index < -0.39 is 0 Å². The van der Waals surface area contributed by atoms with Gasteiger partial charge in [-0.2, -0.15) is 5.10 Å². The first-order valence-corrected chi connectivity index (χ1v) is 6.15. The molecule has 1 fully saturated rings. The average molecular weight is 273 g/mol. The fourth-order valence-corrected chi connectivity index (χ4v) is 2.48. The molecule has 18 heavy (non-hydrogen) atoms. The Morgan fingerprint density at radius 3 is 2.72 bits per heavy atom. The maximum atomic E-state index is 11.9. The van der Waals surface area contributed by atoms with Crippen molar-refractivity contribution >= 4 is 24.0 Å². The van der Waals surface area contributed by atoms with E-state index in [9.17, 15) is 4.79 Å². The van der Waals surface area contributed by atoms with Crippen LogP contribution in [-0.2, 0) is 4.79 Å². The number of anilines is 1. The molecule has 1 saturated carbocycles. The van der Waals surface area contributed by atoms with Gasteiger partial charge in [0.2, 0.25) is 5.91 Å². The van der Waals surface area contributed by atoms with Gasteiger partial charge in [-0.3, -0.25) is 9.89 Å². The first-order valence-electron chi connectivity index (χ1n) is 6.15. The third-order valence-corrected chi connectivity index (χ3v) is 3.56. The van der Waals surface area contributed by atoms with Crippen molar-refractivity contribution < 1.29 is 4.79 Å². The van der Waals surface area contributed by atoms with E-state index in [1.807, 2.05) is 13.8 Å². The van der Waals surface area contributed by atoms with Crippen LogP contribution in [0.25, 0.3) is 0 Å². The van der Waals surface area contributed by atoms with Gasteiger partial charge in [0.05, 0.1) is 17.1 Å². The molecule has 0 aliphatic heterocycles. The zero-order valence-electron chi connectivity index (χ0n) is 10.8. The summed E-state index contributed by atoms with van der Waals surface area (Å²) in [6, 6.07) is 0.187. The van der Waals surface area contributed by atoms with Crippen LogP contribution in [-0.4, -0.2) is 22.1 Å². The van der Waals surface area contributed by atoms with Crippen molar-refractivity contribution in [1.82, 2.24) is 10.2 Å². The third kappa shape index (κ3) is 3.23. The lowest BCUT2D eigenvalue weighted by molar-refractivity contribution is -0.117. The zero-order chi connectivity index (χ0) is 12.4. The molecule has 0 bridgehead atoms. The van der Waals surface area contributed by atoms with Gasteiger partial charge in [0.15, 0.2) is 0 Å². The molecule has 1 aliphatic rings. The van der Waals surface area contributed by atoms with Crippen molar-refractivity contribution in [3.63, 3.8) is 0 Å². The fourth-order valence-electron chi connectivity index (χ4n) is 2.48. The summed E-state index contributed by atoms with van der Waals surface area (Å²) in [5, 5.41) is 9.82. The van der Waals surface area contributed by atoms with Gasteiger partial charge in [0.1, 0.15) is 0 Å². The number of nitrogens with zero attached hydrogens (tertiary/aromatic N) is 1. The lowest BCUT2D eigenvalue weighted by Gasteiger charge is -2.14. The molecule has 2 rings (SSSR count). The normalized spacial score (nSPS) is 22.6. The first kappa shape index (κ1) is 15.0. The molecule has 4 N–H and O–H groups in total. The molecule has 102 valence electrons. The largest absolute Gasteiger partial charge is 0.327 e. The second-order valence-electron chi connectivity index (χ2n) is 4.92. The Labute approximate surface area is 113 Å². The van der Waals surface area contributed by atoms with Gasteiger partial charge in [-0.1, -0.05) is 6.42 Å². The van der Waals surface area contributed by atoms with Crippen molar-refractivity contribution in [3.05, 3.63) is 11.4 Å². The Bertz CT molecular complexity index is 399. The highest BCUT2D eigenvalue weighted by molar-refractivity contribution is 5.92. The molecule has 0 radical (unpaired) electrons. The smallest absolute Gasteiger partial charge is 0.224 e. The lowest BCUT2D eigenvalue weighted by Crippen LogP contribution is -2.28. The van der Waals surface area contributed by atoms with E-state index in [-0.39, 0.29) is 24.4 Å². The Balaban J connectivity index is 0.00000162. The van der Waals surface area contributed by atoms with Crippen LogP contribution in [0.3, 0.4) is 0 Å². The van der Waals surface area contributed by atoms with E-state index in [2.05, 4.69) is 15.5 Å².